The van der Waals surface area contributed by atoms with Gasteiger partial charge >= 0.3 is 5.97 Å². The van der Waals surface area contributed by atoms with Crippen LogP contribution in [0.5, 0.6) is 0 Å². The van der Waals surface area contributed by atoms with Gasteiger partial charge in [0.15, 0.2) is 0 Å². The molecule has 4 nitrogen and oxygen atoms in total. The monoisotopic (exact) mass is 269 g/mol. The second-order valence-corrected chi connectivity index (χ2v) is 6.25. The molecule has 0 aromatic rings. The zero-order valence-corrected chi connectivity index (χ0v) is 12.5. The van der Waals surface area contributed by atoms with Crippen LogP contribution in [-0.4, -0.2) is 49.8 Å². The van der Waals surface area contributed by atoms with Gasteiger partial charge in [0.25, 0.3) is 0 Å². The van der Waals surface area contributed by atoms with Crippen molar-refractivity contribution in [2.24, 2.45) is 5.92 Å². The van der Waals surface area contributed by atoms with Crippen LogP contribution in [0.1, 0.15) is 45.4 Å². The van der Waals surface area contributed by atoms with Crippen molar-refractivity contribution >= 4 is 5.97 Å². The Morgan fingerprint density at radius 3 is 2.79 bits per heavy atom. The van der Waals surface area contributed by atoms with Gasteiger partial charge in [0.05, 0.1) is 18.6 Å². The first-order chi connectivity index (χ1) is 9.06. The van der Waals surface area contributed by atoms with Gasteiger partial charge in [-0.3, -0.25) is 4.79 Å². The molecule has 1 saturated heterocycles. The first-order valence-corrected chi connectivity index (χ1v) is 7.48. The zero-order valence-electron chi connectivity index (χ0n) is 12.5. The third kappa shape index (κ3) is 3.48. The Morgan fingerprint density at radius 1 is 1.47 bits per heavy atom. The maximum Gasteiger partial charge on any atom is 0.309 e. The molecule has 0 radical (unpaired) electrons. The highest BCUT2D eigenvalue weighted by Crippen LogP contribution is 2.41. The van der Waals surface area contributed by atoms with Crippen molar-refractivity contribution in [3.8, 4) is 0 Å². The summed E-state index contributed by atoms with van der Waals surface area (Å²) in [5.74, 6) is -0.174. The number of methoxy groups -OCH3 is 1. The summed E-state index contributed by atoms with van der Waals surface area (Å²) in [6.07, 6.45) is 7.22. The Morgan fingerprint density at radius 2 is 2.16 bits per heavy atom. The molecule has 2 fully saturated rings. The molecule has 2 atom stereocenters. The number of nitrogens with zero attached hydrogens (tertiary/aromatic N) is 1. The van der Waals surface area contributed by atoms with Crippen molar-refractivity contribution in [3.63, 3.8) is 0 Å². The van der Waals surface area contributed by atoms with E-state index < -0.39 is 0 Å². The molecule has 0 bridgehead atoms. The van der Waals surface area contributed by atoms with Gasteiger partial charge < -0.3 is 14.4 Å². The molecule has 1 saturated carbocycles. The quantitative estimate of drug-likeness (QED) is 0.734. The molecule has 2 unspecified atom stereocenters. The first kappa shape index (κ1) is 14.8. The molecule has 1 spiro atoms. The van der Waals surface area contributed by atoms with E-state index in [1.807, 2.05) is 6.92 Å². The summed E-state index contributed by atoms with van der Waals surface area (Å²) in [5, 5.41) is 0. The fourth-order valence-electron chi connectivity index (χ4n) is 3.60. The molecule has 1 heterocycles. The molecule has 19 heavy (non-hydrogen) atoms. The number of rotatable bonds is 4. The number of hydrogen-bond acceptors (Lipinski definition) is 4. The highest BCUT2D eigenvalue weighted by molar-refractivity contribution is 5.72. The highest BCUT2D eigenvalue weighted by atomic mass is 16.5. The molecule has 0 N–H and O–H groups in total. The van der Waals surface area contributed by atoms with Gasteiger partial charge in [-0.1, -0.05) is 19.8 Å². The van der Waals surface area contributed by atoms with Crippen molar-refractivity contribution in [3.05, 3.63) is 0 Å². The van der Waals surface area contributed by atoms with Gasteiger partial charge in [-0.15, -0.1) is 0 Å². The minimum atomic E-state index is -0.116. The van der Waals surface area contributed by atoms with Crippen LogP contribution in [0.15, 0.2) is 0 Å². The largest absolute Gasteiger partial charge is 0.469 e. The van der Waals surface area contributed by atoms with Crippen LogP contribution in [0.4, 0.5) is 0 Å². The van der Waals surface area contributed by atoms with Crippen LogP contribution in [0.2, 0.25) is 0 Å². The lowest BCUT2D eigenvalue weighted by Crippen LogP contribution is -2.47. The van der Waals surface area contributed by atoms with Crippen molar-refractivity contribution in [1.82, 2.24) is 4.90 Å². The number of ether oxygens (including phenoxy) is 2. The second-order valence-electron chi connectivity index (χ2n) is 6.25. The maximum atomic E-state index is 11.5. The second kappa shape index (κ2) is 6.23. The predicted octanol–water partition coefficient (Wildman–Crippen LogP) is 2.22. The third-order valence-electron chi connectivity index (χ3n) is 4.77. The number of carbonyl (C=O) groups is 1. The van der Waals surface area contributed by atoms with Crippen molar-refractivity contribution in [2.75, 3.05) is 27.3 Å². The Labute approximate surface area is 116 Å². The van der Waals surface area contributed by atoms with E-state index in [4.69, 9.17) is 9.47 Å². The molecule has 0 aromatic carbocycles. The Bertz CT molecular complexity index is 313. The topological polar surface area (TPSA) is 38.8 Å². The fraction of sp³-hybridized carbons (Fsp3) is 0.933. The van der Waals surface area contributed by atoms with Crippen LogP contribution in [-0.2, 0) is 14.3 Å². The molecule has 2 rings (SSSR count). The van der Waals surface area contributed by atoms with E-state index in [1.54, 1.807) is 0 Å². The van der Waals surface area contributed by atoms with E-state index in [0.29, 0.717) is 6.04 Å². The van der Waals surface area contributed by atoms with Crippen molar-refractivity contribution in [1.29, 1.82) is 0 Å². The summed E-state index contributed by atoms with van der Waals surface area (Å²) in [6.45, 7) is 3.57. The fourth-order valence-corrected chi connectivity index (χ4v) is 3.60. The molecule has 0 aromatic heterocycles. The Balaban J connectivity index is 1.88. The van der Waals surface area contributed by atoms with E-state index in [2.05, 4.69) is 11.9 Å². The van der Waals surface area contributed by atoms with E-state index in [0.717, 1.165) is 26.0 Å². The van der Waals surface area contributed by atoms with Crippen LogP contribution in [0.3, 0.4) is 0 Å². The highest BCUT2D eigenvalue weighted by Gasteiger charge is 2.41. The number of esters is 1. The Kier molecular flexibility index (Phi) is 4.85. The molecular formula is C15H27NO3. The van der Waals surface area contributed by atoms with Gasteiger partial charge in [0.2, 0.25) is 0 Å². The van der Waals surface area contributed by atoms with E-state index in [-0.39, 0.29) is 17.5 Å². The maximum absolute atomic E-state index is 11.5. The van der Waals surface area contributed by atoms with Gasteiger partial charge in [-0.25, -0.2) is 0 Å². The minimum Gasteiger partial charge on any atom is -0.469 e. The summed E-state index contributed by atoms with van der Waals surface area (Å²) in [4.78, 5) is 13.8. The van der Waals surface area contributed by atoms with Gasteiger partial charge in [-0.2, -0.15) is 0 Å². The molecule has 1 aliphatic heterocycles. The summed E-state index contributed by atoms with van der Waals surface area (Å²) >= 11 is 0. The van der Waals surface area contributed by atoms with E-state index in [1.165, 1.54) is 32.8 Å². The number of hydrogen-bond donors (Lipinski definition) is 0. The lowest BCUT2D eigenvalue weighted by atomic mass is 9.88. The van der Waals surface area contributed by atoms with Crippen LogP contribution >= 0.6 is 0 Å². The first-order valence-electron chi connectivity index (χ1n) is 7.48. The average Bonchev–Trinajstić information content (AvgIpc) is 2.85. The van der Waals surface area contributed by atoms with Crippen molar-refractivity contribution in [2.45, 2.75) is 57.1 Å². The molecule has 0 amide bonds. The van der Waals surface area contributed by atoms with E-state index >= 15 is 0 Å². The van der Waals surface area contributed by atoms with E-state index in [9.17, 15) is 4.79 Å². The average molecular weight is 269 g/mol. The smallest absolute Gasteiger partial charge is 0.309 e. The van der Waals surface area contributed by atoms with Gasteiger partial charge in [-0.05, 0) is 32.7 Å². The van der Waals surface area contributed by atoms with Crippen molar-refractivity contribution < 1.29 is 14.3 Å². The predicted molar refractivity (Wildman–Crippen MR) is 74.0 cm³/mol. The zero-order chi connectivity index (χ0) is 13.9. The summed E-state index contributed by atoms with van der Waals surface area (Å²) in [5.41, 5.74) is 0.145. The van der Waals surface area contributed by atoms with Crippen LogP contribution < -0.4 is 0 Å². The normalized spacial score (nSPS) is 27.7. The third-order valence-corrected chi connectivity index (χ3v) is 4.77. The summed E-state index contributed by atoms with van der Waals surface area (Å²) < 4.78 is 10.9. The molecule has 2 aliphatic rings. The Hall–Kier alpha value is -0.610. The summed E-state index contributed by atoms with van der Waals surface area (Å²) in [6, 6.07) is 0.541. The van der Waals surface area contributed by atoms with Crippen LogP contribution in [0.25, 0.3) is 0 Å². The minimum absolute atomic E-state index is 0.0580. The SMILES string of the molecule is COC(=O)C(C)CN(C)C1CCOC2(CCCC2)C1. The standard InChI is InChI=1S/C15H27NO3/c1-12(14(17)18-3)11-16(2)13-6-9-19-15(10-13)7-4-5-8-15/h12-13H,4-11H2,1-3H3. The summed E-state index contributed by atoms with van der Waals surface area (Å²) in [7, 11) is 3.58. The molecule has 110 valence electrons. The lowest BCUT2D eigenvalue weighted by molar-refractivity contribution is -0.146. The molecule has 4 heteroatoms. The molecule has 1 aliphatic carbocycles. The van der Waals surface area contributed by atoms with Crippen LogP contribution in [0, 0.1) is 5.92 Å². The lowest BCUT2D eigenvalue weighted by Gasteiger charge is -2.42. The molecular weight excluding hydrogens is 242 g/mol. The number of carbonyl (C=O) groups excluding carboxylic acids is 1. The van der Waals surface area contributed by atoms with Gasteiger partial charge in [0.1, 0.15) is 0 Å². The van der Waals surface area contributed by atoms with Gasteiger partial charge in [0, 0.05) is 19.2 Å².